The van der Waals surface area contributed by atoms with Gasteiger partial charge in [-0.25, -0.2) is 0 Å². The maximum atomic E-state index is 12.5. The van der Waals surface area contributed by atoms with Crippen LogP contribution in [0.5, 0.6) is 5.75 Å². The van der Waals surface area contributed by atoms with Gasteiger partial charge in [-0.2, -0.15) is 10.8 Å². The second kappa shape index (κ2) is 10.3. The van der Waals surface area contributed by atoms with E-state index in [2.05, 4.69) is 15.2 Å². The van der Waals surface area contributed by atoms with Gasteiger partial charge in [0.1, 0.15) is 24.3 Å². The Hall–Kier alpha value is -4.15. The molecular formula is C29H29N6O3+. The number of ether oxygens (including phenoxy) is 2. The molecule has 1 aliphatic carbocycles. The number of carbonyl (C=O) groups excluding carboxylic acids is 1. The van der Waals surface area contributed by atoms with Crippen LogP contribution < -0.4 is 15.9 Å². The van der Waals surface area contributed by atoms with Crippen LogP contribution in [0.1, 0.15) is 11.1 Å². The van der Waals surface area contributed by atoms with E-state index in [0.29, 0.717) is 38.0 Å². The molecule has 1 amide bonds. The molecule has 0 aromatic heterocycles. The Morgan fingerprint density at radius 3 is 2.82 bits per heavy atom. The summed E-state index contributed by atoms with van der Waals surface area (Å²) >= 11 is 0. The van der Waals surface area contributed by atoms with Gasteiger partial charge in [0.05, 0.1) is 37.7 Å². The first kappa shape index (κ1) is 24.2. The molecule has 38 heavy (non-hydrogen) atoms. The SMILES string of the molecule is N[N+]12C=CN=CC1=C(C1=CC=C1)N=C2c1cccc(OCc2cccc(NC(=O)CN3CCOCC3)c2)c1. The number of fused-ring (bicyclic) bond motifs is 1. The molecule has 192 valence electrons. The minimum Gasteiger partial charge on any atom is -0.489 e. The number of hydrogen-bond acceptors (Lipinski definition) is 7. The van der Waals surface area contributed by atoms with Crippen molar-refractivity contribution in [1.82, 2.24) is 4.90 Å². The maximum absolute atomic E-state index is 12.5. The van der Waals surface area contributed by atoms with Gasteiger partial charge in [0.15, 0.2) is 0 Å². The molecule has 2 aromatic rings. The minimum atomic E-state index is -0.0420. The molecule has 1 atom stereocenters. The highest BCUT2D eigenvalue weighted by Crippen LogP contribution is 2.36. The fraction of sp³-hybridized carbons (Fsp3) is 0.207. The number of nitrogens with zero attached hydrogens (tertiary/aromatic N) is 4. The standard InChI is InChI=1S/C29H28N6O3/c30-35-13-10-31-18-26(35)28(22-5-2-6-22)33-29(35)23-7-3-9-25(17-23)38-20-21-4-1-8-24(16-21)32-27(36)19-34-11-14-37-15-12-34/h1-10,13,16-18H,11-12,14-15,19-20,30H2/p+1. The van der Waals surface area contributed by atoms with E-state index in [4.69, 9.17) is 20.3 Å². The summed E-state index contributed by atoms with van der Waals surface area (Å²) in [7, 11) is 0. The lowest BCUT2D eigenvalue weighted by Crippen LogP contribution is -2.53. The number of hydrogen-bond donors (Lipinski definition) is 2. The first-order valence-corrected chi connectivity index (χ1v) is 12.6. The number of aliphatic imine (C=N–C) groups is 2. The number of nitrogens with one attached hydrogen (secondary N) is 1. The van der Waals surface area contributed by atoms with Crippen LogP contribution in [0.2, 0.25) is 0 Å². The molecule has 0 spiro atoms. The average Bonchev–Trinajstić information content (AvgIpc) is 3.20. The van der Waals surface area contributed by atoms with Crippen LogP contribution in [-0.2, 0) is 16.1 Å². The van der Waals surface area contributed by atoms with E-state index in [1.165, 1.54) is 0 Å². The van der Waals surface area contributed by atoms with Crippen LogP contribution in [0.15, 0.2) is 106 Å². The van der Waals surface area contributed by atoms with Crippen LogP contribution in [0.25, 0.3) is 0 Å². The van der Waals surface area contributed by atoms with Crippen molar-refractivity contribution < 1.29 is 18.9 Å². The number of quaternary nitrogens is 1. The Bertz CT molecular complexity index is 1450. The van der Waals surface area contributed by atoms with Gasteiger partial charge in [0.25, 0.3) is 5.84 Å². The largest absolute Gasteiger partial charge is 0.489 e. The highest BCUT2D eigenvalue weighted by Gasteiger charge is 2.44. The zero-order chi connectivity index (χ0) is 26.0. The molecule has 9 nitrogen and oxygen atoms in total. The third-order valence-corrected chi connectivity index (χ3v) is 6.80. The third-order valence-electron chi connectivity index (χ3n) is 6.80. The smallest absolute Gasteiger partial charge is 0.265 e. The Labute approximate surface area is 221 Å². The summed E-state index contributed by atoms with van der Waals surface area (Å²) in [6.07, 6.45) is 11.3. The molecule has 1 fully saturated rings. The molecule has 0 radical (unpaired) electrons. The zero-order valence-electron chi connectivity index (χ0n) is 20.9. The summed E-state index contributed by atoms with van der Waals surface area (Å²) in [6, 6.07) is 15.5. The van der Waals surface area contributed by atoms with E-state index in [-0.39, 0.29) is 10.5 Å². The summed E-state index contributed by atoms with van der Waals surface area (Å²) in [5, 5.41) is 2.99. The van der Waals surface area contributed by atoms with Crippen LogP contribution >= 0.6 is 0 Å². The second-order valence-corrected chi connectivity index (χ2v) is 9.46. The Balaban J connectivity index is 1.13. The van der Waals surface area contributed by atoms with Crippen LogP contribution in [0.4, 0.5) is 5.69 Å². The number of anilines is 1. The summed E-state index contributed by atoms with van der Waals surface area (Å²) < 4.78 is 11.4. The Morgan fingerprint density at radius 2 is 2.00 bits per heavy atom. The second-order valence-electron chi connectivity index (χ2n) is 9.46. The van der Waals surface area contributed by atoms with Gasteiger partial charge in [0, 0.05) is 24.4 Å². The number of carbonyl (C=O) groups is 1. The number of amidine groups is 1. The Kier molecular flexibility index (Phi) is 6.57. The van der Waals surface area contributed by atoms with Gasteiger partial charge < -0.3 is 14.8 Å². The molecule has 0 bridgehead atoms. The summed E-state index contributed by atoms with van der Waals surface area (Å²) in [6.45, 7) is 3.58. The maximum Gasteiger partial charge on any atom is 0.265 e. The number of rotatable bonds is 8. The van der Waals surface area contributed by atoms with Crippen LogP contribution in [0, 0.1) is 0 Å². The summed E-state index contributed by atoms with van der Waals surface area (Å²) in [5.74, 6) is 8.18. The van der Waals surface area contributed by atoms with Crippen molar-refractivity contribution in [2.45, 2.75) is 6.61 Å². The fourth-order valence-electron chi connectivity index (χ4n) is 4.73. The van der Waals surface area contributed by atoms with Crippen molar-refractivity contribution in [3.8, 4) is 5.75 Å². The topological polar surface area (TPSA) is 102 Å². The van der Waals surface area contributed by atoms with Crippen molar-refractivity contribution in [2.75, 3.05) is 38.2 Å². The molecule has 1 saturated heterocycles. The van der Waals surface area contributed by atoms with E-state index >= 15 is 0 Å². The van der Waals surface area contributed by atoms with Crippen molar-refractivity contribution in [3.05, 3.63) is 107 Å². The lowest BCUT2D eigenvalue weighted by Gasteiger charge is -2.26. The summed E-state index contributed by atoms with van der Waals surface area (Å²) in [5.41, 5.74) is 5.26. The van der Waals surface area contributed by atoms with E-state index in [0.717, 1.165) is 46.9 Å². The number of amides is 1. The van der Waals surface area contributed by atoms with Gasteiger partial charge in [0.2, 0.25) is 11.6 Å². The molecule has 9 heteroatoms. The average molecular weight is 510 g/mol. The lowest BCUT2D eigenvalue weighted by atomic mass is 10.0. The zero-order valence-corrected chi connectivity index (χ0v) is 20.9. The first-order valence-electron chi connectivity index (χ1n) is 12.6. The predicted octanol–water partition coefficient (Wildman–Crippen LogP) is 3.25. The predicted molar refractivity (Wildman–Crippen MR) is 146 cm³/mol. The summed E-state index contributed by atoms with van der Waals surface area (Å²) in [4.78, 5) is 23.8. The van der Waals surface area contributed by atoms with Crippen molar-refractivity contribution in [2.24, 2.45) is 15.8 Å². The first-order chi connectivity index (χ1) is 18.6. The Morgan fingerprint density at radius 1 is 1.16 bits per heavy atom. The molecule has 3 heterocycles. The van der Waals surface area contributed by atoms with E-state index in [9.17, 15) is 4.79 Å². The molecule has 4 aliphatic rings. The molecule has 0 saturated carbocycles. The van der Waals surface area contributed by atoms with Crippen molar-refractivity contribution in [3.63, 3.8) is 0 Å². The highest BCUT2D eigenvalue weighted by atomic mass is 16.5. The van der Waals surface area contributed by atoms with Crippen molar-refractivity contribution >= 4 is 23.6 Å². The highest BCUT2D eigenvalue weighted by molar-refractivity contribution is 6.01. The van der Waals surface area contributed by atoms with E-state index in [1.807, 2.05) is 73.0 Å². The van der Waals surface area contributed by atoms with E-state index in [1.54, 1.807) is 12.4 Å². The molecule has 2 aromatic carbocycles. The van der Waals surface area contributed by atoms with Gasteiger partial charge in [-0.3, -0.25) is 14.7 Å². The van der Waals surface area contributed by atoms with Gasteiger partial charge >= 0.3 is 0 Å². The number of nitrogens with two attached hydrogens (primary N) is 1. The fourth-order valence-corrected chi connectivity index (χ4v) is 4.73. The normalized spacial score (nSPS) is 22.0. The minimum absolute atomic E-state index is 0.0360. The molecule has 1 unspecified atom stereocenters. The number of allylic oxidation sites excluding steroid dienone is 4. The quantitative estimate of drug-likeness (QED) is 0.420. The lowest BCUT2D eigenvalue weighted by molar-refractivity contribution is -0.750. The van der Waals surface area contributed by atoms with Gasteiger partial charge in [-0.05, 0) is 35.9 Å². The molecule has 3 N–H and O–H groups in total. The van der Waals surface area contributed by atoms with E-state index < -0.39 is 0 Å². The van der Waals surface area contributed by atoms with Gasteiger partial charge in [-0.15, -0.1) is 4.59 Å². The number of morpholine rings is 1. The van der Waals surface area contributed by atoms with Gasteiger partial charge in [-0.1, -0.05) is 36.4 Å². The molecule has 6 rings (SSSR count). The molecule has 3 aliphatic heterocycles. The van der Waals surface area contributed by atoms with Crippen molar-refractivity contribution in [1.29, 1.82) is 0 Å². The van der Waals surface area contributed by atoms with Crippen LogP contribution in [0.3, 0.4) is 0 Å². The number of benzene rings is 2. The monoisotopic (exact) mass is 509 g/mol. The van der Waals surface area contributed by atoms with Crippen LogP contribution in [-0.4, -0.2) is 60.3 Å². The molecular weight excluding hydrogens is 480 g/mol. The third kappa shape index (κ3) is 4.88.